The zero-order valence-corrected chi connectivity index (χ0v) is 11.2. The molecule has 0 radical (unpaired) electrons. The number of nitrogens with zero attached hydrogens (tertiary/aromatic N) is 1. The molecule has 1 unspecified atom stereocenters. The van der Waals surface area contributed by atoms with Gasteiger partial charge in [0.1, 0.15) is 0 Å². The van der Waals surface area contributed by atoms with Gasteiger partial charge in [-0.05, 0) is 18.6 Å². The van der Waals surface area contributed by atoms with Gasteiger partial charge in [-0.1, -0.05) is 48.5 Å². The second-order valence-corrected chi connectivity index (χ2v) is 4.80. The van der Waals surface area contributed by atoms with Gasteiger partial charge in [-0.2, -0.15) is 0 Å². The zero-order valence-electron chi connectivity index (χ0n) is 11.2. The van der Waals surface area contributed by atoms with Crippen LogP contribution in [0.5, 0.6) is 5.88 Å². The third-order valence-electron chi connectivity index (χ3n) is 3.43. The quantitative estimate of drug-likeness (QED) is 0.689. The molecule has 3 nitrogen and oxygen atoms in total. The first-order valence-corrected chi connectivity index (χ1v) is 6.63. The van der Waals surface area contributed by atoms with Crippen LogP contribution in [-0.2, 0) is 0 Å². The Hall–Kier alpha value is -2.55. The van der Waals surface area contributed by atoms with Gasteiger partial charge in [0.2, 0.25) is 0 Å². The number of aliphatic imine (C=N–C) groups is 1. The summed E-state index contributed by atoms with van der Waals surface area (Å²) in [6.45, 7) is 2.04. The van der Waals surface area contributed by atoms with E-state index in [1.807, 2.05) is 49.4 Å². The lowest BCUT2D eigenvalue weighted by molar-refractivity contribution is 0.457. The maximum absolute atomic E-state index is 9.97. The van der Waals surface area contributed by atoms with Gasteiger partial charge in [0.05, 0.1) is 11.6 Å². The number of benzene rings is 2. The van der Waals surface area contributed by atoms with Crippen molar-refractivity contribution in [3.8, 4) is 5.88 Å². The van der Waals surface area contributed by atoms with E-state index in [1.54, 1.807) is 6.21 Å². The van der Waals surface area contributed by atoms with Gasteiger partial charge in [0, 0.05) is 17.1 Å². The van der Waals surface area contributed by atoms with Gasteiger partial charge in [0.15, 0.2) is 5.88 Å². The Morgan fingerprint density at radius 3 is 2.55 bits per heavy atom. The van der Waals surface area contributed by atoms with Crippen LogP contribution in [-0.4, -0.2) is 16.3 Å². The van der Waals surface area contributed by atoms with Crippen molar-refractivity contribution in [1.29, 1.82) is 0 Å². The summed E-state index contributed by atoms with van der Waals surface area (Å²) in [5.41, 5.74) is 2.81. The normalized spacial score (nSPS) is 13.1. The van der Waals surface area contributed by atoms with E-state index >= 15 is 0 Å². The molecule has 0 saturated heterocycles. The SMILES string of the molecule is CC(N=Cc1c(O)[nH]c2ccccc12)c1ccccc1. The highest BCUT2D eigenvalue weighted by Gasteiger charge is 2.08. The second-order valence-electron chi connectivity index (χ2n) is 4.80. The minimum atomic E-state index is 0.0595. The Bertz CT molecular complexity index is 744. The van der Waals surface area contributed by atoms with E-state index in [1.165, 1.54) is 0 Å². The lowest BCUT2D eigenvalue weighted by Crippen LogP contribution is -1.90. The maximum atomic E-state index is 9.97. The average molecular weight is 264 g/mol. The molecule has 0 fully saturated rings. The molecule has 0 saturated carbocycles. The summed E-state index contributed by atoms with van der Waals surface area (Å²) in [6, 6.07) is 18.0. The number of rotatable bonds is 3. The van der Waals surface area contributed by atoms with Crippen LogP contribution in [0.2, 0.25) is 0 Å². The van der Waals surface area contributed by atoms with Crippen molar-refractivity contribution in [2.75, 3.05) is 0 Å². The standard InChI is InChI=1S/C17H16N2O/c1-12(13-7-3-2-4-8-13)18-11-15-14-9-5-6-10-16(14)19-17(15)20/h2-12,19-20H,1H3. The summed E-state index contributed by atoms with van der Waals surface area (Å²) in [7, 11) is 0. The largest absolute Gasteiger partial charge is 0.494 e. The molecule has 0 spiro atoms. The molecule has 0 amide bonds. The molecule has 1 heterocycles. The van der Waals surface area contributed by atoms with Crippen molar-refractivity contribution in [2.45, 2.75) is 13.0 Å². The second kappa shape index (κ2) is 5.21. The molecule has 3 aromatic rings. The molecular formula is C17H16N2O. The fourth-order valence-corrected chi connectivity index (χ4v) is 2.28. The summed E-state index contributed by atoms with van der Waals surface area (Å²) < 4.78 is 0. The minimum Gasteiger partial charge on any atom is -0.494 e. The van der Waals surface area contributed by atoms with Gasteiger partial charge in [-0.15, -0.1) is 0 Å². The fourth-order valence-electron chi connectivity index (χ4n) is 2.28. The summed E-state index contributed by atoms with van der Waals surface area (Å²) in [4.78, 5) is 7.50. The van der Waals surface area contributed by atoms with Crippen LogP contribution in [0.1, 0.15) is 24.1 Å². The third kappa shape index (κ3) is 2.30. The number of hydrogen-bond acceptors (Lipinski definition) is 2. The molecule has 0 bridgehead atoms. The van der Waals surface area contributed by atoms with Crippen LogP contribution >= 0.6 is 0 Å². The Labute approximate surface area is 117 Å². The number of hydrogen-bond donors (Lipinski definition) is 2. The van der Waals surface area contributed by atoms with E-state index in [2.05, 4.69) is 22.1 Å². The monoisotopic (exact) mass is 264 g/mol. The minimum absolute atomic E-state index is 0.0595. The molecular weight excluding hydrogens is 248 g/mol. The Kier molecular flexibility index (Phi) is 3.25. The molecule has 100 valence electrons. The summed E-state index contributed by atoms with van der Waals surface area (Å²) in [5.74, 6) is 0.162. The predicted molar refractivity (Wildman–Crippen MR) is 82.4 cm³/mol. The summed E-state index contributed by atoms with van der Waals surface area (Å²) in [6.07, 6.45) is 1.74. The Balaban J connectivity index is 1.93. The third-order valence-corrected chi connectivity index (χ3v) is 3.43. The first-order valence-electron chi connectivity index (χ1n) is 6.63. The van der Waals surface area contributed by atoms with E-state index in [0.717, 1.165) is 22.0 Å². The van der Waals surface area contributed by atoms with Crippen molar-refractivity contribution in [3.63, 3.8) is 0 Å². The van der Waals surface area contributed by atoms with E-state index < -0.39 is 0 Å². The molecule has 20 heavy (non-hydrogen) atoms. The van der Waals surface area contributed by atoms with Crippen molar-refractivity contribution in [2.24, 2.45) is 4.99 Å². The van der Waals surface area contributed by atoms with Crippen LogP contribution in [0.25, 0.3) is 10.9 Å². The number of aromatic nitrogens is 1. The highest BCUT2D eigenvalue weighted by atomic mass is 16.3. The molecule has 0 aliphatic rings. The topological polar surface area (TPSA) is 48.4 Å². The van der Waals surface area contributed by atoms with Crippen molar-refractivity contribution in [1.82, 2.24) is 4.98 Å². The van der Waals surface area contributed by atoms with Crippen molar-refractivity contribution < 1.29 is 5.11 Å². The summed E-state index contributed by atoms with van der Waals surface area (Å²) in [5, 5.41) is 11.0. The molecule has 3 heteroatoms. The number of fused-ring (bicyclic) bond motifs is 1. The van der Waals surface area contributed by atoms with Crippen LogP contribution in [0.3, 0.4) is 0 Å². The Morgan fingerprint density at radius 2 is 1.75 bits per heavy atom. The number of nitrogens with one attached hydrogen (secondary N) is 1. The fraction of sp³-hybridized carbons (Fsp3) is 0.118. The van der Waals surface area contributed by atoms with Crippen molar-refractivity contribution in [3.05, 3.63) is 65.7 Å². The lowest BCUT2D eigenvalue weighted by Gasteiger charge is -2.05. The van der Waals surface area contributed by atoms with Crippen LogP contribution in [0.4, 0.5) is 0 Å². The van der Waals surface area contributed by atoms with E-state index in [-0.39, 0.29) is 11.9 Å². The van der Waals surface area contributed by atoms with Gasteiger partial charge in [0.25, 0.3) is 0 Å². The smallest absolute Gasteiger partial charge is 0.198 e. The maximum Gasteiger partial charge on any atom is 0.198 e. The number of aromatic hydroxyl groups is 1. The summed E-state index contributed by atoms with van der Waals surface area (Å²) >= 11 is 0. The molecule has 3 rings (SSSR count). The van der Waals surface area contributed by atoms with E-state index in [4.69, 9.17) is 0 Å². The van der Waals surface area contributed by atoms with E-state index in [0.29, 0.717) is 0 Å². The first kappa shape index (κ1) is 12.5. The van der Waals surface area contributed by atoms with Crippen LogP contribution in [0, 0.1) is 0 Å². The highest BCUT2D eigenvalue weighted by Crippen LogP contribution is 2.26. The van der Waals surface area contributed by atoms with Gasteiger partial charge >= 0.3 is 0 Å². The number of para-hydroxylation sites is 1. The van der Waals surface area contributed by atoms with Crippen LogP contribution < -0.4 is 0 Å². The van der Waals surface area contributed by atoms with E-state index in [9.17, 15) is 5.11 Å². The molecule has 1 aromatic heterocycles. The zero-order chi connectivity index (χ0) is 13.9. The molecule has 0 aliphatic carbocycles. The first-order chi connectivity index (χ1) is 9.75. The highest BCUT2D eigenvalue weighted by molar-refractivity contribution is 6.01. The molecule has 2 aromatic carbocycles. The predicted octanol–water partition coefficient (Wildman–Crippen LogP) is 4.05. The number of H-pyrrole nitrogens is 1. The lowest BCUT2D eigenvalue weighted by atomic mass is 10.1. The van der Waals surface area contributed by atoms with Gasteiger partial charge in [-0.3, -0.25) is 4.99 Å². The molecule has 1 atom stereocenters. The molecule has 2 N–H and O–H groups in total. The van der Waals surface area contributed by atoms with Gasteiger partial charge in [-0.25, -0.2) is 0 Å². The average Bonchev–Trinajstić information content (AvgIpc) is 2.81. The number of aromatic amines is 1. The van der Waals surface area contributed by atoms with Gasteiger partial charge < -0.3 is 10.1 Å². The van der Waals surface area contributed by atoms with Crippen LogP contribution in [0.15, 0.2) is 59.6 Å². The Morgan fingerprint density at radius 1 is 1.05 bits per heavy atom. The molecule has 0 aliphatic heterocycles. The van der Waals surface area contributed by atoms with Crippen molar-refractivity contribution >= 4 is 17.1 Å².